The molecule has 4 heterocycles. The van der Waals surface area contributed by atoms with Gasteiger partial charge in [-0.25, -0.2) is 14.2 Å². The van der Waals surface area contributed by atoms with Crippen LogP contribution in [0.2, 0.25) is 0 Å². The van der Waals surface area contributed by atoms with Crippen molar-refractivity contribution in [3.8, 4) is 0 Å². The minimum Gasteiger partial charge on any atom is -0.458 e. The van der Waals surface area contributed by atoms with Crippen LogP contribution in [0.1, 0.15) is 53.8 Å². The molecule has 1 unspecified atom stereocenters. The van der Waals surface area contributed by atoms with Gasteiger partial charge in [0.25, 0.3) is 5.56 Å². The van der Waals surface area contributed by atoms with Crippen LogP contribution in [0.5, 0.6) is 0 Å². The highest BCUT2D eigenvalue weighted by atomic mass is 19.1. The predicted molar refractivity (Wildman–Crippen MR) is 108 cm³/mol. The highest BCUT2D eigenvalue weighted by Gasteiger charge is 2.35. The summed E-state index contributed by atoms with van der Waals surface area (Å²) < 4.78 is 21.0. The topological polar surface area (TPSA) is 80.9 Å². The number of ether oxygens (including phenoxy) is 1. The van der Waals surface area contributed by atoms with E-state index in [0.29, 0.717) is 29.2 Å². The molecule has 1 aromatic heterocycles. The van der Waals surface area contributed by atoms with Gasteiger partial charge in [-0.1, -0.05) is 5.57 Å². The van der Waals surface area contributed by atoms with Crippen LogP contribution in [0, 0.1) is 12.7 Å². The maximum Gasteiger partial charge on any atom is 0.340 e. The van der Waals surface area contributed by atoms with Crippen molar-refractivity contribution in [1.29, 1.82) is 0 Å². The fourth-order valence-corrected chi connectivity index (χ4v) is 4.52. The van der Waals surface area contributed by atoms with Gasteiger partial charge >= 0.3 is 5.97 Å². The number of carbonyl (C=O) groups excluding carboxylic acids is 1. The number of fused-ring (bicyclic) bond motifs is 6. The molecule has 1 N–H and O–H groups in total. The second-order valence-corrected chi connectivity index (χ2v) is 8.15. The maximum absolute atomic E-state index is 14.5. The zero-order chi connectivity index (χ0) is 21.2. The van der Waals surface area contributed by atoms with Crippen molar-refractivity contribution in [3.05, 3.63) is 73.5 Å². The Morgan fingerprint density at radius 3 is 2.80 bits per heavy atom. The molecule has 154 valence electrons. The zero-order valence-corrected chi connectivity index (χ0v) is 16.8. The van der Waals surface area contributed by atoms with E-state index in [1.54, 1.807) is 17.6 Å². The maximum atomic E-state index is 14.5. The largest absolute Gasteiger partial charge is 0.458 e. The standard InChI is InChI=1S/C23H21FN2O4/c1-11-4-3-5-13-6-14(7-18(24)12(13)2)25-20-16(11)9-26-19(20)8-15-17(22(26)28)10-30-23(29)21(15)27/h6-8,21,27H,3-5,9-10H2,1-2H3/b16-11+,25-20?. The van der Waals surface area contributed by atoms with Crippen LogP contribution in [-0.4, -0.2) is 21.4 Å². The number of allylic oxidation sites excluding steroid dienone is 2. The van der Waals surface area contributed by atoms with Gasteiger partial charge in [-0.2, -0.15) is 0 Å². The molecule has 1 atom stereocenters. The molecule has 0 spiro atoms. The minimum absolute atomic E-state index is 0.151. The normalized spacial score (nSPS) is 22.6. The van der Waals surface area contributed by atoms with Crippen LogP contribution in [0.3, 0.4) is 0 Å². The number of esters is 1. The van der Waals surface area contributed by atoms with E-state index < -0.39 is 12.1 Å². The van der Waals surface area contributed by atoms with E-state index in [9.17, 15) is 19.1 Å². The van der Waals surface area contributed by atoms with Crippen LogP contribution in [-0.2, 0) is 29.1 Å². The number of rotatable bonds is 0. The molecule has 30 heavy (non-hydrogen) atoms. The summed E-state index contributed by atoms with van der Waals surface area (Å²) in [5, 5.41) is 10.3. The number of aryl methyl sites for hydroxylation is 1. The first kappa shape index (κ1) is 18.9. The average Bonchev–Trinajstić information content (AvgIpc) is 3.07. The van der Waals surface area contributed by atoms with Crippen molar-refractivity contribution in [1.82, 2.24) is 4.57 Å². The zero-order valence-electron chi connectivity index (χ0n) is 16.8. The molecule has 6 nitrogen and oxygen atoms in total. The lowest BCUT2D eigenvalue weighted by Gasteiger charge is -2.21. The highest BCUT2D eigenvalue weighted by molar-refractivity contribution is 6.15. The van der Waals surface area contributed by atoms with Crippen molar-refractivity contribution < 1.29 is 19.0 Å². The third-order valence-electron chi connectivity index (χ3n) is 6.35. The second kappa shape index (κ2) is 6.74. The molecule has 0 radical (unpaired) electrons. The van der Waals surface area contributed by atoms with E-state index in [-0.39, 0.29) is 29.1 Å². The van der Waals surface area contributed by atoms with Crippen LogP contribution in [0.25, 0.3) is 0 Å². The van der Waals surface area contributed by atoms with E-state index in [1.807, 2.05) is 13.0 Å². The monoisotopic (exact) mass is 408 g/mol. The average molecular weight is 408 g/mol. The number of nitrogens with zero attached hydrogens (tertiary/aromatic N) is 2. The van der Waals surface area contributed by atoms with Gasteiger partial charge in [0.1, 0.15) is 12.4 Å². The Kier molecular flexibility index (Phi) is 4.25. The lowest BCUT2D eigenvalue weighted by molar-refractivity contribution is -0.157. The second-order valence-electron chi connectivity index (χ2n) is 8.15. The number of pyridine rings is 1. The fraction of sp³-hybridized carbons (Fsp3) is 0.348. The van der Waals surface area contributed by atoms with Crippen molar-refractivity contribution in [2.45, 2.75) is 52.4 Å². The van der Waals surface area contributed by atoms with Gasteiger partial charge in [0.05, 0.1) is 29.2 Å². The first-order valence-corrected chi connectivity index (χ1v) is 10.0. The van der Waals surface area contributed by atoms with E-state index in [2.05, 4.69) is 0 Å². The van der Waals surface area contributed by atoms with Crippen molar-refractivity contribution in [3.63, 3.8) is 0 Å². The van der Waals surface area contributed by atoms with Gasteiger partial charge in [-0.3, -0.25) is 4.79 Å². The van der Waals surface area contributed by atoms with Crippen LogP contribution < -0.4 is 5.56 Å². The van der Waals surface area contributed by atoms with Gasteiger partial charge in [-0.15, -0.1) is 0 Å². The number of aliphatic hydroxyl groups excluding tert-OH is 1. The van der Waals surface area contributed by atoms with E-state index >= 15 is 0 Å². The number of benzene rings is 1. The Balaban J connectivity index is 1.78. The molecule has 0 amide bonds. The molecule has 0 saturated carbocycles. The summed E-state index contributed by atoms with van der Waals surface area (Å²) in [7, 11) is 0. The van der Waals surface area contributed by atoms with Crippen LogP contribution in [0.4, 0.5) is 10.1 Å². The summed E-state index contributed by atoms with van der Waals surface area (Å²) in [4.78, 5) is 29.7. The third-order valence-corrected chi connectivity index (χ3v) is 6.35. The van der Waals surface area contributed by atoms with Crippen LogP contribution in [0.15, 0.2) is 39.1 Å². The summed E-state index contributed by atoms with van der Waals surface area (Å²) in [6.45, 7) is 4.02. The Labute approximate surface area is 172 Å². The van der Waals surface area contributed by atoms with Crippen molar-refractivity contribution in [2.24, 2.45) is 4.99 Å². The lowest BCUT2D eigenvalue weighted by atomic mass is 9.95. The Hall–Kier alpha value is -3.06. The van der Waals surface area contributed by atoms with Gasteiger partial charge in [0, 0.05) is 5.56 Å². The van der Waals surface area contributed by atoms with Gasteiger partial charge in [0.15, 0.2) is 6.10 Å². The van der Waals surface area contributed by atoms with E-state index in [4.69, 9.17) is 9.73 Å². The SMILES string of the molecule is C/C1=C2/Cn3c(cc4c(c3=O)COC(=O)C4O)C2=Nc2cc(F)c(C)c(c2)CCC1. The number of halogens is 1. The number of aliphatic hydroxyl groups is 1. The number of hydrogen-bond donors (Lipinski definition) is 1. The van der Waals surface area contributed by atoms with Gasteiger partial charge in [0.2, 0.25) is 0 Å². The molecule has 2 aromatic rings. The Morgan fingerprint density at radius 2 is 2.00 bits per heavy atom. The number of aromatic nitrogens is 1. The first-order valence-electron chi connectivity index (χ1n) is 10.0. The highest BCUT2D eigenvalue weighted by Crippen LogP contribution is 2.33. The first-order chi connectivity index (χ1) is 14.3. The number of aliphatic imine (C=N–C) groups is 1. The molecule has 0 aliphatic carbocycles. The molecule has 2 bridgehead atoms. The Morgan fingerprint density at radius 1 is 1.20 bits per heavy atom. The van der Waals surface area contributed by atoms with Crippen molar-refractivity contribution >= 4 is 17.4 Å². The number of hydrogen-bond acceptors (Lipinski definition) is 5. The summed E-state index contributed by atoms with van der Waals surface area (Å²) in [6.07, 6.45) is 0.949. The lowest BCUT2D eigenvalue weighted by Crippen LogP contribution is -2.33. The third kappa shape index (κ3) is 2.76. The summed E-state index contributed by atoms with van der Waals surface area (Å²) in [6, 6.07) is 4.96. The quantitative estimate of drug-likeness (QED) is 0.679. The van der Waals surface area contributed by atoms with Gasteiger partial charge < -0.3 is 14.4 Å². The summed E-state index contributed by atoms with van der Waals surface area (Å²) in [5.41, 5.74) is 5.51. The van der Waals surface area contributed by atoms with E-state index in [1.165, 1.54) is 6.07 Å². The minimum atomic E-state index is -1.50. The number of cyclic esters (lactones) is 1. The molecule has 1 aromatic carbocycles. The smallest absolute Gasteiger partial charge is 0.340 e. The van der Waals surface area contributed by atoms with E-state index in [0.717, 1.165) is 36.0 Å². The summed E-state index contributed by atoms with van der Waals surface area (Å²) >= 11 is 0. The molecule has 0 saturated heterocycles. The molecular formula is C23H21FN2O4. The number of carbonyl (C=O) groups is 1. The molecule has 5 rings (SSSR count). The molecule has 0 fully saturated rings. The summed E-state index contributed by atoms with van der Waals surface area (Å²) in [5.74, 6) is -1.07. The predicted octanol–water partition coefficient (Wildman–Crippen LogP) is 3.17. The molecule has 3 aliphatic heterocycles. The van der Waals surface area contributed by atoms with Crippen molar-refractivity contribution in [2.75, 3.05) is 0 Å². The van der Waals surface area contributed by atoms with Crippen LogP contribution >= 0.6 is 0 Å². The fourth-order valence-electron chi connectivity index (χ4n) is 4.52. The Bertz CT molecular complexity index is 1240. The molecule has 3 aliphatic rings. The molecule has 7 heteroatoms. The van der Waals surface area contributed by atoms with Gasteiger partial charge in [-0.05, 0) is 68.0 Å². The molecular weight excluding hydrogens is 387 g/mol.